The van der Waals surface area contributed by atoms with Gasteiger partial charge in [-0.2, -0.15) is 0 Å². The summed E-state index contributed by atoms with van der Waals surface area (Å²) in [4.78, 5) is 14.0. The molecule has 1 unspecified atom stereocenters. The second-order valence-electron chi connectivity index (χ2n) is 4.83. The first-order valence-electron chi connectivity index (χ1n) is 6.72. The van der Waals surface area contributed by atoms with Crippen molar-refractivity contribution >= 4 is 5.91 Å². The Morgan fingerprint density at radius 2 is 2.26 bits per heavy atom. The van der Waals surface area contributed by atoms with Gasteiger partial charge in [-0.15, -0.1) is 5.10 Å². The van der Waals surface area contributed by atoms with Crippen LogP contribution in [0.1, 0.15) is 25.5 Å². The van der Waals surface area contributed by atoms with Gasteiger partial charge < -0.3 is 15.3 Å². The highest BCUT2D eigenvalue weighted by Crippen LogP contribution is 2.09. The highest BCUT2D eigenvalue weighted by molar-refractivity contribution is 5.81. The third-order valence-electron chi connectivity index (χ3n) is 3.29. The summed E-state index contributed by atoms with van der Waals surface area (Å²) >= 11 is 0. The fraction of sp³-hybridized carbons (Fsp3) is 0.750. The van der Waals surface area contributed by atoms with Gasteiger partial charge in [-0.1, -0.05) is 5.21 Å². The van der Waals surface area contributed by atoms with Crippen molar-refractivity contribution in [3.05, 3.63) is 11.9 Å². The number of carbonyl (C=O) groups is 1. The van der Waals surface area contributed by atoms with Crippen LogP contribution in [-0.2, 0) is 17.9 Å². The molecule has 1 aliphatic heterocycles. The van der Waals surface area contributed by atoms with Gasteiger partial charge in [0.25, 0.3) is 0 Å². The Morgan fingerprint density at radius 1 is 1.53 bits per heavy atom. The Hall–Kier alpha value is -1.47. The van der Waals surface area contributed by atoms with Crippen LogP contribution in [0, 0.1) is 0 Å². The molecule has 106 valence electrons. The first-order chi connectivity index (χ1) is 9.20. The average molecular weight is 267 g/mol. The summed E-state index contributed by atoms with van der Waals surface area (Å²) in [7, 11) is 0. The van der Waals surface area contributed by atoms with E-state index in [9.17, 15) is 4.79 Å². The molecule has 1 saturated heterocycles. The smallest absolute Gasteiger partial charge is 0.239 e. The van der Waals surface area contributed by atoms with Crippen molar-refractivity contribution in [2.45, 2.75) is 38.9 Å². The molecular formula is C12H21N5O2. The Balaban J connectivity index is 1.78. The SMILES string of the molecule is CC(NCc1cn(CCO)nn1)C(=O)N1CCCC1. The second kappa shape index (κ2) is 6.63. The summed E-state index contributed by atoms with van der Waals surface area (Å²) in [6.45, 7) is 4.61. The van der Waals surface area contributed by atoms with Gasteiger partial charge in [-0.05, 0) is 19.8 Å². The largest absolute Gasteiger partial charge is 0.394 e. The van der Waals surface area contributed by atoms with E-state index in [1.165, 1.54) is 0 Å². The third kappa shape index (κ3) is 3.74. The van der Waals surface area contributed by atoms with Crippen LogP contribution in [0.3, 0.4) is 0 Å². The molecule has 2 rings (SSSR count). The number of aliphatic hydroxyl groups excluding tert-OH is 1. The highest BCUT2D eigenvalue weighted by Gasteiger charge is 2.22. The summed E-state index contributed by atoms with van der Waals surface area (Å²) in [6, 6.07) is -0.207. The van der Waals surface area contributed by atoms with Crippen molar-refractivity contribution in [3.63, 3.8) is 0 Å². The molecule has 1 aromatic rings. The summed E-state index contributed by atoms with van der Waals surface area (Å²) in [5.41, 5.74) is 0.773. The van der Waals surface area contributed by atoms with Crippen LogP contribution in [0.4, 0.5) is 0 Å². The number of likely N-dealkylation sites (tertiary alicyclic amines) is 1. The topological polar surface area (TPSA) is 83.3 Å². The standard InChI is InChI=1S/C12H21N5O2/c1-10(12(19)16-4-2-3-5-16)13-8-11-9-17(6-7-18)15-14-11/h9-10,13,18H,2-8H2,1H3. The summed E-state index contributed by atoms with van der Waals surface area (Å²) in [5, 5.41) is 19.8. The molecule has 2 heterocycles. The maximum Gasteiger partial charge on any atom is 0.239 e. The number of aliphatic hydroxyl groups is 1. The second-order valence-corrected chi connectivity index (χ2v) is 4.83. The molecule has 0 aliphatic carbocycles. The molecule has 0 radical (unpaired) electrons. The lowest BCUT2D eigenvalue weighted by molar-refractivity contribution is -0.131. The van der Waals surface area contributed by atoms with E-state index in [2.05, 4.69) is 15.6 Å². The van der Waals surface area contributed by atoms with Crippen LogP contribution in [0.2, 0.25) is 0 Å². The van der Waals surface area contributed by atoms with Crippen molar-refractivity contribution in [1.82, 2.24) is 25.2 Å². The summed E-state index contributed by atoms with van der Waals surface area (Å²) in [5.74, 6) is 0.153. The normalized spacial score (nSPS) is 16.8. The molecule has 7 nitrogen and oxygen atoms in total. The number of hydrogen-bond acceptors (Lipinski definition) is 5. The Morgan fingerprint density at radius 3 is 2.95 bits per heavy atom. The molecule has 19 heavy (non-hydrogen) atoms. The lowest BCUT2D eigenvalue weighted by Crippen LogP contribution is -2.43. The third-order valence-corrected chi connectivity index (χ3v) is 3.29. The van der Waals surface area contributed by atoms with Crippen LogP contribution in [0.25, 0.3) is 0 Å². The predicted molar refractivity (Wildman–Crippen MR) is 69.2 cm³/mol. The van der Waals surface area contributed by atoms with Crippen LogP contribution >= 0.6 is 0 Å². The van der Waals surface area contributed by atoms with E-state index in [1.54, 1.807) is 10.9 Å². The zero-order chi connectivity index (χ0) is 13.7. The molecule has 1 amide bonds. The summed E-state index contributed by atoms with van der Waals surface area (Å²) < 4.78 is 1.59. The van der Waals surface area contributed by atoms with Gasteiger partial charge in [-0.3, -0.25) is 4.79 Å². The van der Waals surface area contributed by atoms with E-state index < -0.39 is 0 Å². The van der Waals surface area contributed by atoms with Gasteiger partial charge in [-0.25, -0.2) is 4.68 Å². The van der Waals surface area contributed by atoms with Crippen LogP contribution in [0.5, 0.6) is 0 Å². The lowest BCUT2D eigenvalue weighted by Gasteiger charge is -2.20. The molecule has 0 aromatic carbocycles. The number of aromatic nitrogens is 3. The lowest BCUT2D eigenvalue weighted by atomic mass is 10.3. The van der Waals surface area contributed by atoms with Crippen molar-refractivity contribution in [1.29, 1.82) is 0 Å². The van der Waals surface area contributed by atoms with E-state index in [1.807, 2.05) is 11.8 Å². The fourth-order valence-corrected chi connectivity index (χ4v) is 2.19. The molecular weight excluding hydrogens is 246 g/mol. The maximum absolute atomic E-state index is 12.1. The van der Waals surface area contributed by atoms with Crippen LogP contribution in [-0.4, -0.2) is 56.6 Å². The first-order valence-corrected chi connectivity index (χ1v) is 6.72. The number of rotatable bonds is 6. The zero-order valence-electron chi connectivity index (χ0n) is 11.2. The molecule has 1 aliphatic rings. The molecule has 7 heteroatoms. The molecule has 1 atom stereocenters. The van der Waals surface area contributed by atoms with Crippen molar-refractivity contribution < 1.29 is 9.90 Å². The van der Waals surface area contributed by atoms with Gasteiger partial charge in [0, 0.05) is 25.8 Å². The minimum atomic E-state index is -0.207. The number of carbonyl (C=O) groups excluding carboxylic acids is 1. The van der Waals surface area contributed by atoms with Crippen molar-refractivity contribution in [2.75, 3.05) is 19.7 Å². The molecule has 0 saturated carbocycles. The zero-order valence-corrected chi connectivity index (χ0v) is 11.2. The molecule has 1 fully saturated rings. The predicted octanol–water partition coefficient (Wildman–Crippen LogP) is -0.629. The molecule has 2 N–H and O–H groups in total. The highest BCUT2D eigenvalue weighted by atomic mass is 16.3. The molecule has 0 spiro atoms. The first kappa shape index (κ1) is 14.0. The van der Waals surface area contributed by atoms with Crippen LogP contribution in [0.15, 0.2) is 6.20 Å². The van der Waals surface area contributed by atoms with Gasteiger partial charge in [0.05, 0.1) is 24.9 Å². The van der Waals surface area contributed by atoms with Gasteiger partial charge in [0.2, 0.25) is 5.91 Å². The molecule has 1 aromatic heterocycles. The average Bonchev–Trinajstić information content (AvgIpc) is 3.06. The van der Waals surface area contributed by atoms with E-state index in [0.29, 0.717) is 13.1 Å². The van der Waals surface area contributed by atoms with E-state index in [4.69, 9.17) is 5.11 Å². The Labute approximate surface area is 112 Å². The van der Waals surface area contributed by atoms with Crippen molar-refractivity contribution in [2.24, 2.45) is 0 Å². The molecule has 0 bridgehead atoms. The van der Waals surface area contributed by atoms with E-state index in [-0.39, 0.29) is 18.6 Å². The Bertz CT molecular complexity index is 414. The number of hydrogen-bond donors (Lipinski definition) is 2. The minimum absolute atomic E-state index is 0.0417. The Kier molecular flexibility index (Phi) is 4.86. The fourth-order valence-electron chi connectivity index (χ4n) is 2.19. The van der Waals surface area contributed by atoms with Crippen LogP contribution < -0.4 is 5.32 Å². The van der Waals surface area contributed by atoms with Crippen molar-refractivity contribution in [3.8, 4) is 0 Å². The van der Waals surface area contributed by atoms with Gasteiger partial charge in [0.1, 0.15) is 0 Å². The van der Waals surface area contributed by atoms with Gasteiger partial charge in [0.15, 0.2) is 0 Å². The van der Waals surface area contributed by atoms with Gasteiger partial charge >= 0.3 is 0 Å². The monoisotopic (exact) mass is 267 g/mol. The number of amides is 1. The number of nitrogens with one attached hydrogen (secondary N) is 1. The van der Waals surface area contributed by atoms with E-state index in [0.717, 1.165) is 31.6 Å². The quantitative estimate of drug-likeness (QED) is 0.717. The summed E-state index contributed by atoms with van der Waals surface area (Å²) in [6.07, 6.45) is 3.98. The van der Waals surface area contributed by atoms with E-state index >= 15 is 0 Å². The minimum Gasteiger partial charge on any atom is -0.394 e. The maximum atomic E-state index is 12.1. The number of nitrogens with zero attached hydrogens (tertiary/aromatic N) is 4.